The average Bonchev–Trinajstić information content (AvgIpc) is 2.70. The van der Waals surface area contributed by atoms with Crippen LogP contribution in [0.4, 0.5) is 11.4 Å². The van der Waals surface area contributed by atoms with Crippen molar-refractivity contribution >= 4 is 42.2 Å². The predicted molar refractivity (Wildman–Crippen MR) is 112 cm³/mol. The minimum absolute atomic E-state index is 0. The number of aliphatic imine (C=N–C) groups is 1. The van der Waals surface area contributed by atoms with E-state index in [1.165, 1.54) is 48.5 Å². The summed E-state index contributed by atoms with van der Waals surface area (Å²) in [5, 5.41) is 39.8. The zero-order valence-corrected chi connectivity index (χ0v) is 16.8. The summed E-state index contributed by atoms with van der Waals surface area (Å²) < 4.78 is 0. The second kappa shape index (κ2) is 11.3. The van der Waals surface area contributed by atoms with Gasteiger partial charge in [0.15, 0.2) is 0 Å². The van der Waals surface area contributed by atoms with Gasteiger partial charge in [0.25, 0.3) is 11.6 Å². The van der Waals surface area contributed by atoms with Gasteiger partial charge in [-0.3, -0.25) is 24.9 Å². The molecule has 0 saturated heterocycles. The number of rotatable bonds is 8. The molecule has 0 aliphatic carbocycles. The maximum absolute atomic E-state index is 12.8. The summed E-state index contributed by atoms with van der Waals surface area (Å²) in [5.41, 5.74) is 0.288. The number of non-ortho nitro benzene ring substituents is 1. The Bertz CT molecular complexity index is 1070. The number of aliphatic hydroxyl groups is 1. The standard InChI is InChI=1S/C20H18N5O5.Li/c1-13(26)17-8-7-15(11-19(17)27)23-20(28)18(24(3)22-12-21-2)10-14-5-4-6-16(9-14)25(29)30;/h1,4-12,26-27H,2H2,3H3,(H,23,28);/q-1;+1/p-1/b18-10-,22-12-;. The van der Waals surface area contributed by atoms with Crippen molar-refractivity contribution in [2.45, 2.75) is 0 Å². The fourth-order valence-electron chi connectivity index (χ4n) is 2.37. The van der Waals surface area contributed by atoms with Gasteiger partial charge in [-0.2, -0.15) is 10.9 Å². The van der Waals surface area contributed by atoms with Crippen LogP contribution in [0.5, 0.6) is 5.75 Å². The summed E-state index contributed by atoms with van der Waals surface area (Å²) in [4.78, 5) is 26.7. The Balaban J connectivity index is 0.00000480. The van der Waals surface area contributed by atoms with E-state index in [1.54, 1.807) is 6.07 Å². The Hall–Kier alpha value is -3.87. The van der Waals surface area contributed by atoms with Gasteiger partial charge < -0.3 is 15.5 Å². The van der Waals surface area contributed by atoms with Crippen molar-refractivity contribution in [2.24, 2.45) is 10.1 Å². The average molecular weight is 414 g/mol. The summed E-state index contributed by atoms with van der Waals surface area (Å²) in [6, 6.07) is 9.41. The van der Waals surface area contributed by atoms with Crippen LogP contribution in [0.1, 0.15) is 11.1 Å². The van der Waals surface area contributed by atoms with E-state index in [-0.39, 0.29) is 41.5 Å². The van der Waals surface area contributed by atoms with E-state index in [4.69, 9.17) is 6.58 Å². The summed E-state index contributed by atoms with van der Waals surface area (Å²) >= 11 is 0. The number of aliphatic hydroxyl groups excluding tert-OH is 1. The largest absolute Gasteiger partial charge is 1.00 e. The number of carbonyl (C=O) groups is 1. The Morgan fingerprint density at radius 3 is 2.61 bits per heavy atom. The van der Waals surface area contributed by atoms with Gasteiger partial charge in [-0.15, -0.1) is 11.6 Å². The molecule has 0 aliphatic rings. The van der Waals surface area contributed by atoms with Gasteiger partial charge in [0.1, 0.15) is 12.0 Å². The number of nitrogens with zero attached hydrogens (tertiary/aromatic N) is 4. The summed E-state index contributed by atoms with van der Waals surface area (Å²) in [5.74, 6) is -1.87. The van der Waals surface area contributed by atoms with E-state index in [0.717, 1.165) is 12.4 Å². The molecule has 0 radical (unpaired) electrons. The third kappa shape index (κ3) is 6.85. The first-order valence-corrected chi connectivity index (χ1v) is 8.35. The van der Waals surface area contributed by atoms with Crippen LogP contribution in [-0.4, -0.2) is 41.0 Å². The molecule has 0 saturated carbocycles. The van der Waals surface area contributed by atoms with Crippen LogP contribution in [0.15, 0.2) is 58.3 Å². The summed E-state index contributed by atoms with van der Waals surface area (Å²) in [7, 11) is 1.47. The Kier molecular flexibility index (Phi) is 9.21. The van der Waals surface area contributed by atoms with Crippen molar-refractivity contribution in [2.75, 3.05) is 12.4 Å². The molecule has 0 atom stereocenters. The van der Waals surface area contributed by atoms with Crippen LogP contribution >= 0.6 is 0 Å². The molecule has 154 valence electrons. The molecular weight excluding hydrogens is 397 g/mol. The van der Waals surface area contributed by atoms with Crippen LogP contribution in [-0.2, 0) is 4.79 Å². The maximum Gasteiger partial charge on any atom is 1.00 e. The van der Waals surface area contributed by atoms with E-state index >= 15 is 0 Å². The van der Waals surface area contributed by atoms with Crippen LogP contribution < -0.4 is 29.3 Å². The van der Waals surface area contributed by atoms with Gasteiger partial charge in [0.05, 0.1) is 4.92 Å². The predicted octanol–water partition coefficient (Wildman–Crippen LogP) is -0.440. The number of hydrogen-bond acceptors (Lipinski definition) is 7. The van der Waals surface area contributed by atoms with Crippen molar-refractivity contribution in [1.29, 1.82) is 0 Å². The second-order valence-electron chi connectivity index (χ2n) is 5.87. The van der Waals surface area contributed by atoms with Gasteiger partial charge in [0, 0.05) is 24.9 Å². The molecule has 2 N–H and O–H groups in total. The van der Waals surface area contributed by atoms with E-state index in [9.17, 15) is 25.1 Å². The van der Waals surface area contributed by atoms with E-state index < -0.39 is 22.3 Å². The van der Waals surface area contributed by atoms with Gasteiger partial charge in [-0.1, -0.05) is 30.0 Å². The molecule has 0 heterocycles. The number of likely N-dealkylation sites (N-methyl/N-ethyl adjacent to an activating group) is 1. The Morgan fingerprint density at radius 1 is 1.32 bits per heavy atom. The minimum Gasteiger partial charge on any atom is -0.885 e. The molecule has 2 aromatic carbocycles. The molecule has 1 amide bonds. The topological polar surface area (TPSA) is 143 Å². The maximum atomic E-state index is 12.8. The summed E-state index contributed by atoms with van der Waals surface area (Å²) in [6.07, 6.45) is 2.49. The number of carbonyl (C=O) groups excluding carboxylic acids is 1. The number of hydrogen-bond donors (Lipinski definition) is 2. The van der Waals surface area contributed by atoms with E-state index in [0.29, 0.717) is 5.56 Å². The van der Waals surface area contributed by atoms with Crippen molar-refractivity contribution in [1.82, 2.24) is 5.01 Å². The van der Waals surface area contributed by atoms with Gasteiger partial charge in [-0.05, 0) is 18.4 Å². The molecule has 0 aliphatic heterocycles. The third-order valence-electron chi connectivity index (χ3n) is 3.79. The zero-order chi connectivity index (χ0) is 22.3. The van der Waals surface area contributed by atoms with Gasteiger partial charge >= 0.3 is 18.9 Å². The second-order valence-corrected chi connectivity index (χ2v) is 5.87. The Morgan fingerprint density at radius 2 is 2.03 bits per heavy atom. The minimum atomic E-state index is -0.654. The zero-order valence-electron chi connectivity index (χ0n) is 16.8. The molecule has 0 fully saturated rings. The number of nitro benzene ring substituents is 1. The molecule has 2 rings (SSSR count). The van der Waals surface area contributed by atoms with E-state index in [1.807, 2.05) is 0 Å². The Labute approximate surface area is 190 Å². The molecule has 0 bridgehead atoms. The third-order valence-corrected chi connectivity index (χ3v) is 3.79. The first-order chi connectivity index (χ1) is 14.2. The van der Waals surface area contributed by atoms with Crippen LogP contribution in [0, 0.1) is 16.7 Å². The molecule has 0 unspecified atom stereocenters. The van der Waals surface area contributed by atoms with Gasteiger partial charge in [-0.25, -0.2) is 6.58 Å². The normalized spacial score (nSPS) is 10.8. The molecule has 10 nitrogen and oxygen atoms in total. The number of amides is 1. The van der Waals surface area contributed by atoms with Crippen molar-refractivity contribution in [3.63, 3.8) is 0 Å². The molecule has 2 aromatic rings. The smallest absolute Gasteiger partial charge is 0.885 e. The number of nitro groups is 1. The molecule has 11 heteroatoms. The van der Waals surface area contributed by atoms with Crippen LogP contribution in [0.2, 0.25) is 0 Å². The first-order valence-electron chi connectivity index (χ1n) is 8.35. The van der Waals surface area contributed by atoms with Crippen molar-refractivity contribution < 1.29 is 38.8 Å². The molecular formula is C20H17LiN5O5-. The van der Waals surface area contributed by atoms with Gasteiger partial charge in [0.2, 0.25) is 0 Å². The van der Waals surface area contributed by atoms with Crippen LogP contribution in [0.3, 0.4) is 0 Å². The summed E-state index contributed by atoms with van der Waals surface area (Å²) in [6.45, 7) is 8.47. The number of benzene rings is 2. The fraction of sp³-hybridized carbons (Fsp3) is 0.0500. The fourth-order valence-corrected chi connectivity index (χ4v) is 2.37. The van der Waals surface area contributed by atoms with Crippen molar-refractivity contribution in [3.8, 4) is 5.75 Å². The molecule has 0 spiro atoms. The number of nitrogens with one attached hydrogen (secondary N) is 1. The molecule has 0 aromatic heterocycles. The molecule has 31 heavy (non-hydrogen) atoms. The number of hydrazone groups is 1. The van der Waals surface area contributed by atoms with E-state index in [2.05, 4.69) is 22.1 Å². The number of anilines is 1. The monoisotopic (exact) mass is 414 g/mol. The van der Waals surface area contributed by atoms with Crippen molar-refractivity contribution in [3.05, 3.63) is 76.0 Å². The first kappa shape index (κ1) is 25.2. The van der Waals surface area contributed by atoms with Crippen LogP contribution in [0.25, 0.3) is 11.8 Å². The quantitative estimate of drug-likeness (QED) is 0.0876. The SMILES string of the molecule is [CH-]=C(O)c1ccc(NC(=O)/C(=C/c2cccc([N+](=O)[O-])c2)N(C)/N=C\N=C)cc1[O-].[Li+].